The Hall–Kier alpha value is -1.10. The van der Waals surface area contributed by atoms with E-state index in [-0.39, 0.29) is 29.9 Å². The zero-order valence-corrected chi connectivity index (χ0v) is 17.6. The van der Waals surface area contributed by atoms with Gasteiger partial charge in [-0.15, -0.1) is 35.3 Å². The summed E-state index contributed by atoms with van der Waals surface area (Å²) in [6, 6.07) is 0. The van der Waals surface area contributed by atoms with Crippen molar-refractivity contribution in [2.75, 3.05) is 39.1 Å². The number of halogens is 1. The molecule has 0 aliphatic carbocycles. The Morgan fingerprint density at radius 3 is 2.92 bits per heavy atom. The second-order valence-electron chi connectivity index (χ2n) is 6.04. The van der Waals surface area contributed by atoms with Crippen LogP contribution < -0.4 is 16.0 Å². The summed E-state index contributed by atoms with van der Waals surface area (Å²) in [4.78, 5) is 24.3. The predicted octanol–water partition coefficient (Wildman–Crippen LogP) is 1.49. The molecule has 1 fully saturated rings. The second kappa shape index (κ2) is 10.0. The summed E-state index contributed by atoms with van der Waals surface area (Å²) in [5.74, 6) is 0.955. The van der Waals surface area contributed by atoms with Gasteiger partial charge in [0.2, 0.25) is 5.91 Å². The van der Waals surface area contributed by atoms with Crippen molar-refractivity contribution in [3.8, 4) is 0 Å². The number of nitrogens with two attached hydrogens (primary N) is 1. The number of carbonyl (C=O) groups is 1. The molecule has 1 aliphatic heterocycles. The molecule has 0 aromatic carbocycles. The smallest absolute Gasteiger partial charge is 0.217 e. The number of aliphatic imine (C=N–C) groups is 1. The SMILES string of the molecule is CN=C(NCc1csc(N(C)C)n1)N1CCCC(CC(N)=O)C1.I. The molecule has 1 aliphatic rings. The van der Waals surface area contributed by atoms with Crippen molar-refractivity contribution in [1.82, 2.24) is 15.2 Å². The van der Waals surface area contributed by atoms with E-state index in [0.717, 1.165) is 42.7 Å². The van der Waals surface area contributed by atoms with Crippen LogP contribution in [0.1, 0.15) is 25.0 Å². The number of anilines is 1. The van der Waals surface area contributed by atoms with Gasteiger partial charge in [-0.05, 0) is 18.8 Å². The quantitative estimate of drug-likeness (QED) is 0.390. The maximum atomic E-state index is 11.1. The molecule has 136 valence electrons. The number of aromatic nitrogens is 1. The van der Waals surface area contributed by atoms with Crippen LogP contribution in [0.5, 0.6) is 0 Å². The summed E-state index contributed by atoms with van der Waals surface area (Å²) in [5.41, 5.74) is 6.33. The zero-order chi connectivity index (χ0) is 16.8. The van der Waals surface area contributed by atoms with E-state index in [9.17, 15) is 4.79 Å². The highest BCUT2D eigenvalue weighted by molar-refractivity contribution is 14.0. The number of carbonyl (C=O) groups excluding carboxylic acids is 1. The van der Waals surface area contributed by atoms with Gasteiger partial charge in [0.05, 0.1) is 12.2 Å². The summed E-state index contributed by atoms with van der Waals surface area (Å²) in [7, 11) is 5.76. The van der Waals surface area contributed by atoms with Crippen LogP contribution in [-0.4, -0.2) is 56.0 Å². The lowest BCUT2D eigenvalue weighted by molar-refractivity contribution is -0.119. The van der Waals surface area contributed by atoms with Crippen LogP contribution in [0.2, 0.25) is 0 Å². The van der Waals surface area contributed by atoms with Gasteiger partial charge in [-0.1, -0.05) is 0 Å². The number of nitrogens with one attached hydrogen (secondary N) is 1. The van der Waals surface area contributed by atoms with E-state index >= 15 is 0 Å². The molecule has 1 amide bonds. The summed E-state index contributed by atoms with van der Waals surface area (Å²) < 4.78 is 0. The van der Waals surface area contributed by atoms with Gasteiger partial charge in [-0.2, -0.15) is 0 Å². The fourth-order valence-electron chi connectivity index (χ4n) is 2.79. The highest BCUT2D eigenvalue weighted by Gasteiger charge is 2.23. The van der Waals surface area contributed by atoms with Crippen LogP contribution in [0.4, 0.5) is 5.13 Å². The largest absolute Gasteiger partial charge is 0.370 e. The first-order valence-corrected chi connectivity index (χ1v) is 8.73. The Bertz CT molecular complexity index is 562. The highest BCUT2D eigenvalue weighted by atomic mass is 127. The molecular weight excluding hydrogens is 439 g/mol. The van der Waals surface area contributed by atoms with Gasteiger partial charge in [-0.25, -0.2) is 4.98 Å². The molecule has 0 radical (unpaired) electrons. The number of hydrogen-bond donors (Lipinski definition) is 2. The van der Waals surface area contributed by atoms with Crippen molar-refractivity contribution in [2.24, 2.45) is 16.6 Å². The van der Waals surface area contributed by atoms with Gasteiger partial charge < -0.3 is 20.9 Å². The third-order valence-electron chi connectivity index (χ3n) is 3.87. The molecular formula is C15H27IN6OS. The van der Waals surface area contributed by atoms with Crippen LogP contribution in [-0.2, 0) is 11.3 Å². The molecule has 0 spiro atoms. The third-order valence-corrected chi connectivity index (χ3v) is 4.93. The number of piperidine rings is 1. The normalized spacial score (nSPS) is 18.0. The van der Waals surface area contributed by atoms with Crippen LogP contribution in [0.15, 0.2) is 10.4 Å². The van der Waals surface area contributed by atoms with Crippen LogP contribution in [0.3, 0.4) is 0 Å². The molecule has 9 heteroatoms. The number of amides is 1. The Kier molecular flexibility index (Phi) is 8.74. The number of rotatable bonds is 5. The lowest BCUT2D eigenvalue weighted by Crippen LogP contribution is -2.46. The zero-order valence-electron chi connectivity index (χ0n) is 14.5. The first kappa shape index (κ1) is 20.9. The molecule has 1 aromatic rings. The summed E-state index contributed by atoms with van der Waals surface area (Å²) in [5, 5.41) is 6.42. The van der Waals surface area contributed by atoms with E-state index in [2.05, 4.69) is 25.6 Å². The van der Waals surface area contributed by atoms with Crippen molar-refractivity contribution >= 4 is 52.3 Å². The standard InChI is InChI=1S/C15H26N6OS.HI/c1-17-14(18-8-12-10-23-15(19-12)20(2)3)21-6-4-5-11(9-21)7-13(16)22;/h10-11H,4-9H2,1-3H3,(H2,16,22)(H,17,18);1H. The number of thiazole rings is 1. The van der Waals surface area contributed by atoms with Crippen LogP contribution in [0, 0.1) is 5.92 Å². The molecule has 0 saturated carbocycles. The van der Waals surface area contributed by atoms with E-state index < -0.39 is 0 Å². The molecule has 24 heavy (non-hydrogen) atoms. The number of guanidine groups is 1. The molecule has 1 unspecified atom stereocenters. The predicted molar refractivity (Wildman–Crippen MR) is 110 cm³/mol. The van der Waals surface area contributed by atoms with Gasteiger partial charge in [0.25, 0.3) is 0 Å². The number of hydrogen-bond acceptors (Lipinski definition) is 5. The average molecular weight is 466 g/mol. The number of primary amides is 1. The monoisotopic (exact) mass is 466 g/mol. The van der Waals surface area contributed by atoms with Gasteiger partial charge in [0, 0.05) is 46.0 Å². The molecule has 7 nitrogen and oxygen atoms in total. The maximum absolute atomic E-state index is 11.1. The van der Waals surface area contributed by atoms with Crippen LogP contribution in [0.25, 0.3) is 0 Å². The fraction of sp³-hybridized carbons (Fsp3) is 0.667. The molecule has 0 bridgehead atoms. The fourth-order valence-corrected chi connectivity index (χ4v) is 3.55. The lowest BCUT2D eigenvalue weighted by atomic mass is 9.95. The second-order valence-corrected chi connectivity index (χ2v) is 6.88. The Morgan fingerprint density at radius 2 is 2.33 bits per heavy atom. The van der Waals surface area contributed by atoms with E-state index in [4.69, 9.17) is 5.73 Å². The van der Waals surface area contributed by atoms with Gasteiger partial charge in [-0.3, -0.25) is 9.79 Å². The molecule has 2 rings (SSSR count). The van der Waals surface area contributed by atoms with Gasteiger partial charge in [0.1, 0.15) is 0 Å². The minimum Gasteiger partial charge on any atom is -0.370 e. The summed E-state index contributed by atoms with van der Waals surface area (Å²) >= 11 is 1.63. The molecule has 1 atom stereocenters. The first-order valence-electron chi connectivity index (χ1n) is 7.85. The lowest BCUT2D eigenvalue weighted by Gasteiger charge is -2.34. The van der Waals surface area contributed by atoms with Gasteiger partial charge >= 0.3 is 0 Å². The first-order chi connectivity index (χ1) is 11.0. The summed E-state index contributed by atoms with van der Waals surface area (Å²) in [6.45, 7) is 2.42. The Balaban J connectivity index is 0.00000288. The Morgan fingerprint density at radius 1 is 1.58 bits per heavy atom. The van der Waals surface area contributed by atoms with E-state index in [0.29, 0.717) is 18.9 Å². The van der Waals surface area contributed by atoms with Crippen molar-refractivity contribution in [3.63, 3.8) is 0 Å². The van der Waals surface area contributed by atoms with Crippen molar-refractivity contribution in [1.29, 1.82) is 0 Å². The highest BCUT2D eigenvalue weighted by Crippen LogP contribution is 2.20. The molecule has 3 N–H and O–H groups in total. The van der Waals surface area contributed by atoms with Crippen molar-refractivity contribution in [2.45, 2.75) is 25.8 Å². The Labute approximate surface area is 164 Å². The minimum atomic E-state index is -0.224. The van der Waals surface area contributed by atoms with E-state index in [1.165, 1.54) is 0 Å². The average Bonchev–Trinajstić information content (AvgIpc) is 2.97. The van der Waals surface area contributed by atoms with E-state index in [1.807, 2.05) is 19.0 Å². The van der Waals surface area contributed by atoms with E-state index in [1.54, 1.807) is 18.4 Å². The van der Waals surface area contributed by atoms with Gasteiger partial charge in [0.15, 0.2) is 11.1 Å². The number of likely N-dealkylation sites (tertiary alicyclic amines) is 1. The number of nitrogens with zero attached hydrogens (tertiary/aromatic N) is 4. The molecule has 1 aromatic heterocycles. The van der Waals surface area contributed by atoms with Crippen molar-refractivity contribution < 1.29 is 4.79 Å². The topological polar surface area (TPSA) is 86.8 Å². The molecule has 2 heterocycles. The minimum absolute atomic E-state index is 0. The third kappa shape index (κ3) is 6.08. The maximum Gasteiger partial charge on any atom is 0.217 e. The van der Waals surface area contributed by atoms with Crippen LogP contribution >= 0.6 is 35.3 Å². The molecule has 1 saturated heterocycles. The summed E-state index contributed by atoms with van der Waals surface area (Å²) in [6.07, 6.45) is 2.56. The van der Waals surface area contributed by atoms with Crippen molar-refractivity contribution in [3.05, 3.63) is 11.1 Å².